The van der Waals surface area contributed by atoms with Crippen molar-refractivity contribution in [2.75, 3.05) is 40.4 Å². The first-order chi connectivity index (χ1) is 9.74. The van der Waals surface area contributed by atoms with Crippen LogP contribution in [0.4, 0.5) is 0 Å². The van der Waals surface area contributed by atoms with Crippen LogP contribution in [0, 0.1) is 5.92 Å². The molecule has 0 amide bonds. The van der Waals surface area contributed by atoms with Crippen LogP contribution in [0.2, 0.25) is 0 Å². The first kappa shape index (κ1) is 15.3. The fraction of sp³-hybridized carbons (Fsp3) is 0.667. The molecule has 20 heavy (non-hydrogen) atoms. The standard InChI is InChI=1S/C15H25N3OS/c1-12(14-5-4-8-20-14)9-17-15(16-2)18-7-6-13(10-18)11-19-3/h4-5,8,12-13H,6-7,9-11H2,1-3H3,(H,16,17). The average Bonchev–Trinajstić information content (AvgIpc) is 3.11. The van der Waals surface area contributed by atoms with Gasteiger partial charge in [-0.2, -0.15) is 0 Å². The van der Waals surface area contributed by atoms with Crippen LogP contribution in [0.3, 0.4) is 0 Å². The smallest absolute Gasteiger partial charge is 0.193 e. The Hall–Kier alpha value is -1.07. The van der Waals surface area contributed by atoms with Crippen LogP contribution in [0.5, 0.6) is 0 Å². The number of thiophene rings is 1. The van der Waals surface area contributed by atoms with E-state index in [1.807, 2.05) is 18.4 Å². The van der Waals surface area contributed by atoms with Crippen LogP contribution in [-0.2, 0) is 4.74 Å². The molecule has 1 aromatic rings. The van der Waals surface area contributed by atoms with Gasteiger partial charge in [-0.05, 0) is 17.9 Å². The number of guanidine groups is 1. The minimum Gasteiger partial charge on any atom is -0.384 e. The molecule has 1 aliphatic heterocycles. The van der Waals surface area contributed by atoms with E-state index in [4.69, 9.17) is 4.74 Å². The molecule has 2 rings (SSSR count). The van der Waals surface area contributed by atoms with Crippen LogP contribution < -0.4 is 5.32 Å². The maximum Gasteiger partial charge on any atom is 0.193 e. The topological polar surface area (TPSA) is 36.9 Å². The summed E-state index contributed by atoms with van der Waals surface area (Å²) in [6.07, 6.45) is 1.19. The van der Waals surface area contributed by atoms with E-state index in [0.717, 1.165) is 32.2 Å². The van der Waals surface area contributed by atoms with Gasteiger partial charge >= 0.3 is 0 Å². The molecule has 1 fully saturated rings. The predicted molar refractivity (Wildman–Crippen MR) is 85.7 cm³/mol. The van der Waals surface area contributed by atoms with Crippen molar-refractivity contribution in [1.82, 2.24) is 10.2 Å². The van der Waals surface area contributed by atoms with Gasteiger partial charge in [0.1, 0.15) is 0 Å². The summed E-state index contributed by atoms with van der Waals surface area (Å²) in [5.41, 5.74) is 0. The summed E-state index contributed by atoms with van der Waals surface area (Å²) in [6.45, 7) is 6.14. The molecule has 0 aromatic carbocycles. The SMILES string of the molecule is CN=C(NCC(C)c1cccs1)N1CCC(COC)C1. The van der Waals surface area contributed by atoms with Crippen molar-refractivity contribution in [3.63, 3.8) is 0 Å². The van der Waals surface area contributed by atoms with Crippen molar-refractivity contribution < 1.29 is 4.74 Å². The number of rotatable bonds is 5. The van der Waals surface area contributed by atoms with E-state index in [1.165, 1.54) is 11.3 Å². The van der Waals surface area contributed by atoms with Crippen LogP contribution in [0.1, 0.15) is 24.1 Å². The minimum atomic E-state index is 0.518. The molecule has 112 valence electrons. The van der Waals surface area contributed by atoms with Gasteiger partial charge in [-0.1, -0.05) is 13.0 Å². The van der Waals surface area contributed by atoms with Gasteiger partial charge in [0.2, 0.25) is 0 Å². The van der Waals surface area contributed by atoms with E-state index in [9.17, 15) is 0 Å². The Morgan fingerprint density at radius 2 is 2.50 bits per heavy atom. The number of nitrogens with zero attached hydrogens (tertiary/aromatic N) is 2. The summed E-state index contributed by atoms with van der Waals surface area (Å²) in [5.74, 6) is 2.17. The van der Waals surface area contributed by atoms with Crippen molar-refractivity contribution >= 4 is 17.3 Å². The van der Waals surface area contributed by atoms with E-state index in [2.05, 4.69) is 39.6 Å². The average molecular weight is 295 g/mol. The molecular weight excluding hydrogens is 270 g/mol. The maximum atomic E-state index is 5.25. The number of hydrogen-bond acceptors (Lipinski definition) is 3. The first-order valence-electron chi connectivity index (χ1n) is 7.22. The van der Waals surface area contributed by atoms with E-state index < -0.39 is 0 Å². The predicted octanol–water partition coefficient (Wildman–Crippen LogP) is 2.40. The number of methoxy groups -OCH3 is 1. The molecule has 1 aromatic heterocycles. The molecular formula is C15H25N3OS. The molecule has 0 saturated carbocycles. The highest BCUT2D eigenvalue weighted by atomic mass is 32.1. The van der Waals surface area contributed by atoms with Crippen molar-refractivity contribution in [1.29, 1.82) is 0 Å². The zero-order valence-electron chi connectivity index (χ0n) is 12.6. The van der Waals surface area contributed by atoms with E-state index in [-0.39, 0.29) is 0 Å². The Kier molecular flexibility index (Phi) is 5.86. The highest BCUT2D eigenvalue weighted by Crippen LogP contribution is 2.20. The lowest BCUT2D eigenvalue weighted by molar-refractivity contribution is 0.157. The minimum absolute atomic E-state index is 0.518. The van der Waals surface area contributed by atoms with E-state index in [0.29, 0.717) is 11.8 Å². The van der Waals surface area contributed by atoms with Crippen molar-refractivity contribution in [2.45, 2.75) is 19.3 Å². The highest BCUT2D eigenvalue weighted by molar-refractivity contribution is 7.10. The third-order valence-corrected chi connectivity index (χ3v) is 4.90. The normalized spacial score (nSPS) is 21.2. The van der Waals surface area contributed by atoms with Gasteiger partial charge in [0, 0.05) is 50.5 Å². The summed E-state index contributed by atoms with van der Waals surface area (Å²) < 4.78 is 5.25. The van der Waals surface area contributed by atoms with Gasteiger partial charge in [0.25, 0.3) is 0 Å². The number of hydrogen-bond donors (Lipinski definition) is 1. The monoisotopic (exact) mass is 295 g/mol. The number of ether oxygens (including phenoxy) is 1. The van der Waals surface area contributed by atoms with Gasteiger partial charge in [-0.25, -0.2) is 0 Å². The molecule has 1 N–H and O–H groups in total. The van der Waals surface area contributed by atoms with Gasteiger partial charge in [-0.3, -0.25) is 4.99 Å². The van der Waals surface area contributed by atoms with Gasteiger partial charge < -0.3 is 15.0 Å². The van der Waals surface area contributed by atoms with Crippen LogP contribution in [0.15, 0.2) is 22.5 Å². The molecule has 2 heterocycles. The van der Waals surface area contributed by atoms with Crippen molar-refractivity contribution in [3.8, 4) is 0 Å². The number of likely N-dealkylation sites (tertiary alicyclic amines) is 1. The molecule has 5 heteroatoms. The largest absolute Gasteiger partial charge is 0.384 e. The maximum absolute atomic E-state index is 5.25. The molecule has 0 bridgehead atoms. The van der Waals surface area contributed by atoms with Gasteiger partial charge in [0.05, 0.1) is 6.61 Å². The molecule has 2 atom stereocenters. The fourth-order valence-corrected chi connectivity index (χ4v) is 3.43. The molecule has 0 radical (unpaired) electrons. The van der Waals surface area contributed by atoms with Gasteiger partial charge in [0.15, 0.2) is 5.96 Å². The Balaban J connectivity index is 1.81. The third-order valence-electron chi connectivity index (χ3n) is 3.79. The molecule has 2 unspecified atom stereocenters. The fourth-order valence-electron chi connectivity index (χ4n) is 2.65. The zero-order valence-corrected chi connectivity index (χ0v) is 13.4. The third kappa shape index (κ3) is 3.96. The van der Waals surface area contributed by atoms with Crippen molar-refractivity contribution in [2.24, 2.45) is 10.9 Å². The van der Waals surface area contributed by atoms with Crippen LogP contribution >= 0.6 is 11.3 Å². The molecule has 0 spiro atoms. The van der Waals surface area contributed by atoms with Crippen LogP contribution in [-0.4, -0.2) is 51.3 Å². The Morgan fingerprint density at radius 1 is 1.65 bits per heavy atom. The molecule has 1 aliphatic rings. The van der Waals surface area contributed by atoms with Crippen molar-refractivity contribution in [3.05, 3.63) is 22.4 Å². The molecule has 1 saturated heterocycles. The molecule has 4 nitrogen and oxygen atoms in total. The molecule has 0 aliphatic carbocycles. The Bertz CT molecular complexity index is 419. The van der Waals surface area contributed by atoms with Gasteiger partial charge in [-0.15, -0.1) is 11.3 Å². The number of nitrogens with one attached hydrogen (secondary N) is 1. The Morgan fingerprint density at radius 3 is 3.15 bits per heavy atom. The van der Waals surface area contributed by atoms with E-state index in [1.54, 1.807) is 7.11 Å². The second-order valence-electron chi connectivity index (χ2n) is 5.40. The van der Waals surface area contributed by atoms with Crippen LogP contribution in [0.25, 0.3) is 0 Å². The summed E-state index contributed by atoms with van der Waals surface area (Å²) in [5, 5.41) is 5.64. The summed E-state index contributed by atoms with van der Waals surface area (Å²) >= 11 is 1.82. The highest BCUT2D eigenvalue weighted by Gasteiger charge is 2.24. The lowest BCUT2D eigenvalue weighted by Gasteiger charge is -2.23. The summed E-state index contributed by atoms with van der Waals surface area (Å²) in [6, 6.07) is 4.31. The van der Waals surface area contributed by atoms with E-state index >= 15 is 0 Å². The summed E-state index contributed by atoms with van der Waals surface area (Å²) in [7, 11) is 3.64. The first-order valence-corrected chi connectivity index (χ1v) is 8.10. The Labute approximate surface area is 125 Å². The zero-order chi connectivity index (χ0) is 14.4. The second kappa shape index (κ2) is 7.64. The second-order valence-corrected chi connectivity index (χ2v) is 6.38. The lowest BCUT2D eigenvalue weighted by atomic mass is 10.1. The summed E-state index contributed by atoms with van der Waals surface area (Å²) in [4.78, 5) is 8.17. The quantitative estimate of drug-likeness (QED) is 0.669. The number of aliphatic imine (C=N–C) groups is 1. The lowest BCUT2D eigenvalue weighted by Crippen LogP contribution is -2.41.